The standard InChI is InChI=1S/C16H15N5O/c17-14-15(19-11-20-16(14)22)21(13-8-4-5-9-18-13)10-12-6-2-1-3-7-12/h1-9,11H,10,17H2,(H,19,20,22). The Labute approximate surface area is 127 Å². The highest BCUT2D eigenvalue weighted by Crippen LogP contribution is 2.26. The number of nitrogens with two attached hydrogens (primary N) is 1. The van der Waals surface area contributed by atoms with Crippen molar-refractivity contribution < 1.29 is 0 Å². The molecular weight excluding hydrogens is 278 g/mol. The lowest BCUT2D eigenvalue weighted by Crippen LogP contribution is -2.24. The molecule has 0 aliphatic rings. The van der Waals surface area contributed by atoms with Crippen LogP contribution in [-0.2, 0) is 6.54 Å². The van der Waals surface area contributed by atoms with Gasteiger partial charge in [0, 0.05) is 6.20 Å². The summed E-state index contributed by atoms with van der Waals surface area (Å²) >= 11 is 0. The van der Waals surface area contributed by atoms with Gasteiger partial charge in [-0.1, -0.05) is 36.4 Å². The normalized spacial score (nSPS) is 10.4. The number of rotatable bonds is 4. The molecule has 0 saturated heterocycles. The lowest BCUT2D eigenvalue weighted by Gasteiger charge is -2.23. The van der Waals surface area contributed by atoms with Gasteiger partial charge in [-0.05, 0) is 17.7 Å². The third kappa shape index (κ3) is 2.80. The predicted molar refractivity (Wildman–Crippen MR) is 85.8 cm³/mol. The summed E-state index contributed by atoms with van der Waals surface area (Å²) in [6.07, 6.45) is 3.03. The minimum absolute atomic E-state index is 0.0732. The second kappa shape index (κ2) is 6.09. The Balaban J connectivity index is 2.07. The zero-order valence-electron chi connectivity index (χ0n) is 11.8. The van der Waals surface area contributed by atoms with Gasteiger partial charge in [-0.15, -0.1) is 0 Å². The van der Waals surface area contributed by atoms with E-state index in [0.717, 1.165) is 5.56 Å². The summed E-state index contributed by atoms with van der Waals surface area (Å²) in [5.41, 5.74) is 6.67. The van der Waals surface area contributed by atoms with Crippen LogP contribution in [0.1, 0.15) is 5.56 Å². The van der Waals surface area contributed by atoms with E-state index in [4.69, 9.17) is 5.73 Å². The molecule has 6 nitrogen and oxygen atoms in total. The Morgan fingerprint density at radius 1 is 1.05 bits per heavy atom. The maximum atomic E-state index is 11.8. The van der Waals surface area contributed by atoms with Crippen LogP contribution in [0.15, 0.2) is 65.8 Å². The summed E-state index contributed by atoms with van der Waals surface area (Å²) in [6, 6.07) is 15.4. The molecule has 2 aromatic heterocycles. The van der Waals surface area contributed by atoms with Crippen LogP contribution in [0.5, 0.6) is 0 Å². The Morgan fingerprint density at radius 3 is 2.55 bits per heavy atom. The fraction of sp³-hybridized carbons (Fsp3) is 0.0625. The number of nitrogen functional groups attached to an aromatic ring is 1. The fourth-order valence-corrected chi connectivity index (χ4v) is 2.16. The Hall–Kier alpha value is -3.15. The van der Waals surface area contributed by atoms with E-state index in [2.05, 4.69) is 15.0 Å². The van der Waals surface area contributed by atoms with Crippen LogP contribution in [-0.4, -0.2) is 15.0 Å². The van der Waals surface area contributed by atoms with Crippen molar-refractivity contribution in [1.82, 2.24) is 15.0 Å². The lowest BCUT2D eigenvalue weighted by molar-refractivity contribution is 0.913. The van der Waals surface area contributed by atoms with E-state index in [1.165, 1.54) is 6.33 Å². The van der Waals surface area contributed by atoms with Gasteiger partial charge in [0.1, 0.15) is 11.5 Å². The van der Waals surface area contributed by atoms with Gasteiger partial charge in [0.15, 0.2) is 5.82 Å². The molecule has 0 saturated carbocycles. The van der Waals surface area contributed by atoms with E-state index >= 15 is 0 Å². The third-order valence-corrected chi connectivity index (χ3v) is 3.23. The second-order valence-electron chi connectivity index (χ2n) is 4.73. The number of anilines is 3. The molecule has 1 aromatic carbocycles. The molecule has 0 amide bonds. The van der Waals surface area contributed by atoms with Crippen LogP contribution in [0.4, 0.5) is 17.3 Å². The van der Waals surface area contributed by atoms with Crippen LogP contribution in [0.2, 0.25) is 0 Å². The van der Waals surface area contributed by atoms with Crippen molar-refractivity contribution in [2.24, 2.45) is 0 Å². The average Bonchev–Trinajstić information content (AvgIpc) is 2.57. The molecule has 110 valence electrons. The highest BCUT2D eigenvalue weighted by atomic mass is 16.1. The average molecular weight is 293 g/mol. The molecule has 2 heterocycles. The fourth-order valence-electron chi connectivity index (χ4n) is 2.16. The van der Waals surface area contributed by atoms with E-state index in [1.54, 1.807) is 6.20 Å². The smallest absolute Gasteiger partial charge is 0.276 e. The van der Waals surface area contributed by atoms with Crippen LogP contribution < -0.4 is 16.2 Å². The van der Waals surface area contributed by atoms with Crippen LogP contribution >= 0.6 is 0 Å². The highest BCUT2D eigenvalue weighted by Gasteiger charge is 2.17. The number of aromatic nitrogens is 3. The second-order valence-corrected chi connectivity index (χ2v) is 4.73. The van der Waals surface area contributed by atoms with Crippen molar-refractivity contribution in [3.63, 3.8) is 0 Å². The van der Waals surface area contributed by atoms with Crippen LogP contribution in [0.3, 0.4) is 0 Å². The first kappa shape index (κ1) is 13.8. The summed E-state index contributed by atoms with van der Waals surface area (Å²) in [6.45, 7) is 0.512. The van der Waals surface area contributed by atoms with E-state index in [0.29, 0.717) is 18.2 Å². The van der Waals surface area contributed by atoms with E-state index in [9.17, 15) is 4.79 Å². The molecule has 0 aliphatic carbocycles. The number of nitrogens with one attached hydrogen (secondary N) is 1. The number of H-pyrrole nitrogens is 1. The van der Waals surface area contributed by atoms with Crippen molar-refractivity contribution >= 4 is 17.3 Å². The molecule has 0 bridgehead atoms. The molecule has 3 aromatic rings. The lowest BCUT2D eigenvalue weighted by atomic mass is 10.2. The zero-order valence-corrected chi connectivity index (χ0v) is 11.8. The van der Waals surface area contributed by atoms with Crippen molar-refractivity contribution in [2.75, 3.05) is 10.6 Å². The maximum absolute atomic E-state index is 11.8. The predicted octanol–water partition coefficient (Wildman–Crippen LogP) is 2.09. The minimum Gasteiger partial charge on any atom is -0.391 e. The molecular formula is C16H15N5O. The van der Waals surface area contributed by atoms with Gasteiger partial charge >= 0.3 is 0 Å². The first-order valence-electron chi connectivity index (χ1n) is 6.81. The monoisotopic (exact) mass is 293 g/mol. The molecule has 3 rings (SSSR count). The van der Waals surface area contributed by atoms with Gasteiger partial charge in [-0.25, -0.2) is 9.97 Å². The molecule has 0 fully saturated rings. The van der Waals surface area contributed by atoms with Crippen molar-refractivity contribution in [3.8, 4) is 0 Å². The summed E-state index contributed by atoms with van der Waals surface area (Å²) in [4.78, 5) is 24.6. The topological polar surface area (TPSA) is 87.9 Å². The van der Waals surface area contributed by atoms with E-state index in [-0.39, 0.29) is 11.2 Å². The molecule has 0 atom stereocenters. The van der Waals surface area contributed by atoms with Crippen molar-refractivity contribution in [1.29, 1.82) is 0 Å². The minimum atomic E-state index is -0.362. The summed E-state index contributed by atoms with van der Waals surface area (Å²) in [5.74, 6) is 1.07. The Morgan fingerprint density at radius 2 is 1.82 bits per heavy atom. The quantitative estimate of drug-likeness (QED) is 0.769. The molecule has 0 radical (unpaired) electrons. The van der Waals surface area contributed by atoms with Crippen molar-refractivity contribution in [3.05, 3.63) is 77.0 Å². The van der Waals surface area contributed by atoms with Gasteiger partial charge < -0.3 is 15.6 Å². The summed E-state index contributed by atoms with van der Waals surface area (Å²) < 4.78 is 0. The van der Waals surface area contributed by atoms with Gasteiger partial charge in [-0.3, -0.25) is 4.79 Å². The molecule has 22 heavy (non-hydrogen) atoms. The van der Waals surface area contributed by atoms with Crippen LogP contribution in [0.25, 0.3) is 0 Å². The van der Waals surface area contributed by atoms with Crippen LogP contribution in [0, 0.1) is 0 Å². The van der Waals surface area contributed by atoms with Crippen molar-refractivity contribution in [2.45, 2.75) is 6.54 Å². The number of pyridine rings is 1. The number of benzene rings is 1. The Kier molecular flexibility index (Phi) is 3.82. The molecule has 0 unspecified atom stereocenters. The maximum Gasteiger partial charge on any atom is 0.276 e. The number of aromatic amines is 1. The first-order valence-corrected chi connectivity index (χ1v) is 6.81. The number of hydrogen-bond acceptors (Lipinski definition) is 5. The number of nitrogens with zero attached hydrogens (tertiary/aromatic N) is 3. The molecule has 0 aliphatic heterocycles. The molecule has 6 heteroatoms. The van der Waals surface area contributed by atoms with Gasteiger partial charge in [0.2, 0.25) is 0 Å². The van der Waals surface area contributed by atoms with E-state index in [1.807, 2.05) is 53.4 Å². The summed E-state index contributed by atoms with van der Waals surface area (Å²) in [7, 11) is 0. The molecule has 0 spiro atoms. The largest absolute Gasteiger partial charge is 0.391 e. The highest BCUT2D eigenvalue weighted by molar-refractivity contribution is 5.68. The zero-order chi connectivity index (χ0) is 15.4. The van der Waals surface area contributed by atoms with Gasteiger partial charge in [0.25, 0.3) is 5.56 Å². The SMILES string of the molecule is Nc1c(N(Cc2ccccc2)c2ccccn2)nc[nH]c1=O. The van der Waals surface area contributed by atoms with Gasteiger partial charge in [-0.2, -0.15) is 0 Å². The van der Waals surface area contributed by atoms with Gasteiger partial charge in [0.05, 0.1) is 12.9 Å². The summed E-state index contributed by atoms with van der Waals surface area (Å²) in [5, 5.41) is 0. The first-order chi connectivity index (χ1) is 10.8. The number of hydrogen-bond donors (Lipinski definition) is 2. The Bertz CT molecular complexity index is 802. The van der Waals surface area contributed by atoms with E-state index < -0.39 is 0 Å². The third-order valence-electron chi connectivity index (χ3n) is 3.23. The molecule has 3 N–H and O–H groups in total.